The Bertz CT molecular complexity index is 326. The van der Waals surface area contributed by atoms with E-state index >= 15 is 0 Å². The number of nitrogens with zero attached hydrogens (tertiary/aromatic N) is 1. The van der Waals surface area contributed by atoms with Crippen molar-refractivity contribution >= 4 is 46.7 Å². The molecule has 0 unspecified atom stereocenters. The number of alkyl halides is 3. The highest BCUT2D eigenvalue weighted by atomic mass is 35.6. The summed E-state index contributed by atoms with van der Waals surface area (Å²) in [6, 6.07) is -0.299. The lowest BCUT2D eigenvalue weighted by Gasteiger charge is -2.28. The maximum Gasteiger partial charge on any atom is 0.308 e. The minimum atomic E-state index is -1.68. The molecule has 0 bridgehead atoms. The molecule has 15 heavy (non-hydrogen) atoms. The van der Waals surface area contributed by atoms with Crippen molar-refractivity contribution in [1.82, 2.24) is 0 Å². The molecule has 0 aromatic heterocycles. The molecule has 84 valence electrons. The third-order valence-corrected chi connectivity index (χ3v) is 2.79. The Balaban J connectivity index is 2.18. The van der Waals surface area contributed by atoms with E-state index in [4.69, 9.17) is 44.3 Å². The lowest BCUT2D eigenvalue weighted by atomic mass is 10.0. The Hall–Kier alpha value is -0.190. The van der Waals surface area contributed by atoms with Crippen LogP contribution in [0.3, 0.4) is 0 Å². The summed E-state index contributed by atoms with van der Waals surface area (Å²) in [5.74, 6) is -0.269. The van der Waals surface area contributed by atoms with Gasteiger partial charge in [0.05, 0.1) is 6.42 Å². The molecule has 2 aliphatic heterocycles. The fraction of sp³-hybridized carbons (Fsp3) is 0.750. The highest BCUT2D eigenvalue weighted by Crippen LogP contribution is 2.36. The molecule has 0 N–H and O–H groups in total. The summed E-state index contributed by atoms with van der Waals surface area (Å²) in [6.45, 7) is 1.73. The third kappa shape index (κ3) is 2.17. The molecule has 0 aliphatic carbocycles. The summed E-state index contributed by atoms with van der Waals surface area (Å²) in [5.41, 5.74) is 0. The molecule has 0 aromatic rings. The van der Waals surface area contributed by atoms with Crippen LogP contribution in [0.15, 0.2) is 4.99 Å². The standard InChI is InChI=1S/C8H8Cl3NO3/c1-3-6-4(2-5(13)14-3)12-7(15-6)8(9,10)11/h3-4,6H,2H2,1H3/t3-,4+,6-/m1/s1. The number of ether oxygens (including phenoxy) is 2. The smallest absolute Gasteiger partial charge is 0.308 e. The SMILES string of the molecule is C[C@H]1OC(=O)C[C@@H]2N=C(C(Cl)(Cl)Cl)O[C@@H]21. The van der Waals surface area contributed by atoms with Crippen molar-refractivity contribution in [3.05, 3.63) is 0 Å². The first-order valence-electron chi connectivity index (χ1n) is 4.39. The zero-order valence-corrected chi connectivity index (χ0v) is 10.0. The number of carbonyl (C=O) groups excluding carboxylic acids is 1. The fourth-order valence-corrected chi connectivity index (χ4v) is 1.95. The number of cyclic esters (lactones) is 1. The van der Waals surface area contributed by atoms with Crippen LogP contribution in [0, 0.1) is 0 Å². The van der Waals surface area contributed by atoms with Crippen LogP contribution >= 0.6 is 34.8 Å². The van der Waals surface area contributed by atoms with Crippen molar-refractivity contribution < 1.29 is 14.3 Å². The first-order valence-corrected chi connectivity index (χ1v) is 5.52. The van der Waals surface area contributed by atoms with Gasteiger partial charge < -0.3 is 9.47 Å². The van der Waals surface area contributed by atoms with Gasteiger partial charge in [0.1, 0.15) is 12.1 Å². The number of hydrogen-bond donors (Lipinski definition) is 0. The average Bonchev–Trinajstić information content (AvgIpc) is 2.46. The molecule has 0 spiro atoms. The topological polar surface area (TPSA) is 47.9 Å². The third-order valence-electron chi connectivity index (χ3n) is 2.31. The maximum atomic E-state index is 11.1. The van der Waals surface area contributed by atoms with Gasteiger partial charge in [-0.2, -0.15) is 0 Å². The van der Waals surface area contributed by atoms with Gasteiger partial charge in [0.2, 0.25) is 5.90 Å². The average molecular weight is 273 g/mol. The molecule has 2 heterocycles. The van der Waals surface area contributed by atoms with Crippen LogP contribution in [0.2, 0.25) is 0 Å². The van der Waals surface area contributed by atoms with Gasteiger partial charge in [0, 0.05) is 0 Å². The maximum absolute atomic E-state index is 11.1. The zero-order valence-electron chi connectivity index (χ0n) is 7.75. The Morgan fingerprint density at radius 3 is 2.67 bits per heavy atom. The van der Waals surface area contributed by atoms with Crippen LogP contribution in [0.1, 0.15) is 13.3 Å². The van der Waals surface area contributed by atoms with Crippen LogP contribution in [-0.2, 0) is 14.3 Å². The monoisotopic (exact) mass is 271 g/mol. The molecule has 2 rings (SSSR count). The zero-order chi connectivity index (χ0) is 11.2. The van der Waals surface area contributed by atoms with Crippen molar-refractivity contribution in [3.63, 3.8) is 0 Å². The van der Waals surface area contributed by atoms with Crippen LogP contribution in [0.4, 0.5) is 0 Å². The number of esters is 1. The van der Waals surface area contributed by atoms with Crippen LogP contribution in [0.5, 0.6) is 0 Å². The summed E-state index contributed by atoms with van der Waals surface area (Å²) >= 11 is 16.9. The molecule has 1 fully saturated rings. The number of aliphatic imine (C=N–C) groups is 1. The van der Waals surface area contributed by atoms with Gasteiger partial charge in [-0.1, -0.05) is 34.8 Å². The molecule has 0 radical (unpaired) electrons. The van der Waals surface area contributed by atoms with E-state index in [0.717, 1.165) is 0 Å². The number of halogens is 3. The Morgan fingerprint density at radius 2 is 2.07 bits per heavy atom. The normalized spacial score (nSPS) is 35.3. The van der Waals surface area contributed by atoms with E-state index in [2.05, 4.69) is 4.99 Å². The highest BCUT2D eigenvalue weighted by molar-refractivity contribution is 6.76. The Labute approximate surface area is 101 Å². The van der Waals surface area contributed by atoms with Crippen molar-refractivity contribution in [3.8, 4) is 0 Å². The molecule has 1 saturated heterocycles. The van der Waals surface area contributed by atoms with E-state index in [1.165, 1.54) is 0 Å². The quantitative estimate of drug-likeness (QED) is 0.499. The predicted molar refractivity (Wildman–Crippen MR) is 56.6 cm³/mol. The number of rotatable bonds is 0. The van der Waals surface area contributed by atoms with Crippen molar-refractivity contribution in [2.45, 2.75) is 35.4 Å². The molecule has 2 aliphatic rings. The van der Waals surface area contributed by atoms with Gasteiger partial charge in [0.15, 0.2) is 6.10 Å². The molecule has 3 atom stereocenters. The summed E-state index contributed by atoms with van der Waals surface area (Å²) in [5, 5.41) is 0. The van der Waals surface area contributed by atoms with Crippen LogP contribution in [-0.4, -0.2) is 33.9 Å². The molecule has 0 amide bonds. The molecule has 7 heteroatoms. The molecule has 4 nitrogen and oxygen atoms in total. The summed E-state index contributed by atoms with van der Waals surface area (Å²) in [7, 11) is 0. The van der Waals surface area contributed by atoms with Crippen molar-refractivity contribution in [1.29, 1.82) is 0 Å². The highest BCUT2D eigenvalue weighted by Gasteiger charge is 2.47. The second-order valence-electron chi connectivity index (χ2n) is 3.48. The summed E-state index contributed by atoms with van der Waals surface area (Å²) in [6.07, 6.45) is -0.544. The largest absolute Gasteiger partial charge is 0.468 e. The van der Waals surface area contributed by atoms with Gasteiger partial charge in [-0.3, -0.25) is 4.79 Å². The minimum absolute atomic E-state index is 0.0349. The van der Waals surface area contributed by atoms with Gasteiger partial charge in [-0.15, -0.1) is 0 Å². The number of fused-ring (bicyclic) bond motifs is 1. The summed E-state index contributed by atoms with van der Waals surface area (Å²) < 4.78 is 8.68. The van der Waals surface area contributed by atoms with E-state index in [0.29, 0.717) is 0 Å². The molecular formula is C8H8Cl3NO3. The Kier molecular flexibility index (Phi) is 2.77. The van der Waals surface area contributed by atoms with E-state index in [-0.39, 0.29) is 36.5 Å². The second kappa shape index (κ2) is 3.68. The number of hydrogen-bond acceptors (Lipinski definition) is 4. The first kappa shape index (κ1) is 11.3. The van der Waals surface area contributed by atoms with Gasteiger partial charge in [-0.05, 0) is 6.92 Å². The van der Waals surface area contributed by atoms with Crippen molar-refractivity contribution in [2.24, 2.45) is 4.99 Å². The molecular weight excluding hydrogens is 264 g/mol. The Morgan fingerprint density at radius 1 is 1.40 bits per heavy atom. The molecule has 0 saturated carbocycles. The predicted octanol–water partition coefficient (Wildman–Crippen LogP) is 1.86. The van der Waals surface area contributed by atoms with Crippen LogP contribution < -0.4 is 0 Å². The van der Waals surface area contributed by atoms with Gasteiger partial charge in [0.25, 0.3) is 3.79 Å². The van der Waals surface area contributed by atoms with E-state index < -0.39 is 3.79 Å². The van der Waals surface area contributed by atoms with Crippen LogP contribution in [0.25, 0.3) is 0 Å². The first-order chi connectivity index (χ1) is 6.88. The second-order valence-corrected chi connectivity index (χ2v) is 5.76. The minimum Gasteiger partial charge on any atom is -0.468 e. The lowest BCUT2D eigenvalue weighted by molar-refractivity contribution is -0.160. The van der Waals surface area contributed by atoms with Gasteiger partial charge >= 0.3 is 5.97 Å². The van der Waals surface area contributed by atoms with E-state index in [1.807, 2.05) is 0 Å². The summed E-state index contributed by atoms with van der Waals surface area (Å²) in [4.78, 5) is 15.2. The van der Waals surface area contributed by atoms with E-state index in [9.17, 15) is 4.79 Å². The fourth-order valence-electron chi connectivity index (χ4n) is 1.67. The molecule has 0 aromatic carbocycles. The number of carbonyl (C=O) groups is 1. The lowest BCUT2D eigenvalue weighted by Crippen LogP contribution is -2.43. The van der Waals surface area contributed by atoms with E-state index in [1.54, 1.807) is 6.92 Å². The van der Waals surface area contributed by atoms with Gasteiger partial charge in [-0.25, -0.2) is 4.99 Å². The van der Waals surface area contributed by atoms with Crippen molar-refractivity contribution in [2.75, 3.05) is 0 Å².